The van der Waals surface area contributed by atoms with E-state index >= 15 is 0 Å². The fourth-order valence-electron chi connectivity index (χ4n) is 2.25. The lowest BCUT2D eigenvalue weighted by Crippen LogP contribution is -2.57. The van der Waals surface area contributed by atoms with Gasteiger partial charge >= 0.3 is 18.5 Å². The lowest BCUT2D eigenvalue weighted by atomic mass is 10.2. The first-order valence-electron chi connectivity index (χ1n) is 7.25. The van der Waals surface area contributed by atoms with Crippen molar-refractivity contribution in [3.8, 4) is 0 Å². The maximum atomic E-state index is 13.5. The number of amides is 2. The van der Waals surface area contributed by atoms with Crippen molar-refractivity contribution in [2.75, 3.05) is 13.2 Å². The third kappa shape index (κ3) is 3.53. The molecule has 9 heteroatoms. The first-order valence-corrected chi connectivity index (χ1v) is 7.25. The number of halogens is 1. The number of hydrogen-bond acceptors (Lipinski definition) is 6. The van der Waals surface area contributed by atoms with Crippen molar-refractivity contribution in [2.24, 2.45) is 5.73 Å². The maximum Gasteiger partial charge on any atom is 0.342 e. The highest BCUT2D eigenvalue weighted by molar-refractivity contribution is 5.89. The van der Waals surface area contributed by atoms with E-state index in [2.05, 4.69) is 5.32 Å². The molecule has 0 aromatic heterocycles. The van der Waals surface area contributed by atoms with Crippen molar-refractivity contribution >= 4 is 12.0 Å². The van der Waals surface area contributed by atoms with Gasteiger partial charge in [-0.05, 0) is 12.1 Å². The maximum absolute atomic E-state index is 13.5. The van der Waals surface area contributed by atoms with Crippen LogP contribution < -0.4 is 11.1 Å². The molecule has 1 atom stereocenters. The topological polar surface area (TPSA) is 103 Å². The Morgan fingerprint density at radius 1 is 1.29 bits per heavy atom. The molecular weight excluding hydrogens is 321 g/mol. The molecular formula is C15H16FN3O5. The number of carbonyl (C=O) groups excluding carboxylic acids is 2. The third-order valence-corrected chi connectivity index (χ3v) is 3.53. The van der Waals surface area contributed by atoms with Crippen molar-refractivity contribution in [2.45, 2.75) is 18.7 Å². The van der Waals surface area contributed by atoms with Crippen molar-refractivity contribution in [1.29, 1.82) is 0 Å². The summed E-state index contributed by atoms with van der Waals surface area (Å²) < 4.78 is 29.1. The molecule has 1 saturated heterocycles. The Balaban J connectivity index is 1.54. The minimum absolute atomic E-state index is 0.0131. The smallest absolute Gasteiger partial charge is 0.342 e. The third-order valence-electron chi connectivity index (χ3n) is 3.53. The van der Waals surface area contributed by atoms with Gasteiger partial charge in [0, 0.05) is 6.20 Å². The Morgan fingerprint density at radius 2 is 1.96 bits per heavy atom. The molecule has 1 aromatic carbocycles. The van der Waals surface area contributed by atoms with Crippen LogP contribution in [0.2, 0.25) is 0 Å². The van der Waals surface area contributed by atoms with E-state index in [1.165, 1.54) is 0 Å². The van der Waals surface area contributed by atoms with Gasteiger partial charge in [0.2, 0.25) is 0 Å². The number of hydrogen-bond donors (Lipinski definition) is 2. The number of nitrogens with zero attached hydrogens (tertiary/aromatic N) is 1. The normalized spacial score (nSPS) is 27.2. The molecule has 128 valence electrons. The van der Waals surface area contributed by atoms with E-state index in [0.29, 0.717) is 5.56 Å². The van der Waals surface area contributed by atoms with Crippen LogP contribution in [-0.2, 0) is 14.2 Å². The Hall–Kier alpha value is -2.49. The van der Waals surface area contributed by atoms with Crippen molar-refractivity contribution in [1.82, 2.24) is 10.2 Å². The van der Waals surface area contributed by atoms with E-state index < -0.39 is 36.5 Å². The molecule has 2 amide bonds. The fraction of sp³-hybridized carbons (Fsp3) is 0.333. The highest BCUT2D eigenvalue weighted by atomic mass is 19.1. The lowest BCUT2D eigenvalue weighted by molar-refractivity contribution is -0.296. The largest absolute Gasteiger partial charge is 0.407 e. The molecule has 24 heavy (non-hydrogen) atoms. The summed E-state index contributed by atoms with van der Waals surface area (Å²) in [7, 11) is 0. The van der Waals surface area contributed by atoms with Gasteiger partial charge in [-0.2, -0.15) is 0 Å². The molecule has 8 nitrogen and oxygen atoms in total. The van der Waals surface area contributed by atoms with Crippen LogP contribution in [0.15, 0.2) is 42.4 Å². The monoisotopic (exact) mass is 337 g/mol. The number of rotatable bonds is 3. The molecule has 3 rings (SSSR count). The van der Waals surface area contributed by atoms with E-state index in [0.717, 1.165) is 11.1 Å². The van der Waals surface area contributed by atoms with Crippen LogP contribution in [0, 0.1) is 0 Å². The lowest BCUT2D eigenvalue weighted by Gasteiger charge is -2.36. The van der Waals surface area contributed by atoms with Gasteiger partial charge in [-0.15, -0.1) is 0 Å². The highest BCUT2D eigenvalue weighted by Gasteiger charge is 2.34. The molecule has 1 aromatic rings. The summed E-state index contributed by atoms with van der Waals surface area (Å²) in [6.45, 7) is -1.16. The number of carbonyl (C=O) groups is 2. The molecule has 1 fully saturated rings. The van der Waals surface area contributed by atoms with Crippen LogP contribution in [-0.4, -0.2) is 48.8 Å². The first kappa shape index (κ1) is 16.4. The summed E-state index contributed by atoms with van der Waals surface area (Å²) >= 11 is 0. The fourth-order valence-corrected chi connectivity index (χ4v) is 2.25. The van der Waals surface area contributed by atoms with Crippen LogP contribution >= 0.6 is 0 Å². The van der Waals surface area contributed by atoms with Crippen LogP contribution in [0.3, 0.4) is 0 Å². The minimum Gasteiger partial charge on any atom is -0.407 e. The second-order valence-corrected chi connectivity index (χ2v) is 5.23. The predicted octanol–water partition coefficient (Wildman–Crippen LogP) is 0.663. The van der Waals surface area contributed by atoms with Crippen LogP contribution in [0.5, 0.6) is 0 Å². The van der Waals surface area contributed by atoms with Crippen molar-refractivity contribution < 1.29 is 28.2 Å². The zero-order valence-corrected chi connectivity index (χ0v) is 12.6. The molecule has 0 radical (unpaired) electrons. The summed E-state index contributed by atoms with van der Waals surface area (Å²) in [6, 6.07) is 7.27. The molecule has 2 aliphatic heterocycles. The Morgan fingerprint density at radius 3 is 2.62 bits per heavy atom. The second kappa shape index (κ2) is 6.95. The number of esters is 1. The summed E-state index contributed by atoms with van der Waals surface area (Å²) in [5.41, 5.74) is 5.73. The van der Waals surface area contributed by atoms with Gasteiger partial charge in [-0.3, -0.25) is 4.90 Å². The summed E-state index contributed by atoms with van der Waals surface area (Å²) in [5, 5.41) is 2.27. The number of nitrogens with one attached hydrogen (secondary N) is 1. The predicted molar refractivity (Wildman–Crippen MR) is 78.9 cm³/mol. The molecule has 2 aliphatic rings. The van der Waals surface area contributed by atoms with Crippen molar-refractivity contribution in [3.05, 3.63) is 47.9 Å². The van der Waals surface area contributed by atoms with Gasteiger partial charge in [0.25, 0.3) is 0 Å². The second-order valence-electron chi connectivity index (χ2n) is 5.23. The minimum atomic E-state index is -1.18. The quantitative estimate of drug-likeness (QED) is 0.786. The zero-order chi connectivity index (χ0) is 17.1. The molecule has 0 aliphatic carbocycles. The Bertz CT molecular complexity index is 646. The standard InChI is InChI=1S/C15H16FN3O5/c16-11-6-19(14(21)18-12(11)17)10-7-22-15(23-8-10)24-13(20)9-4-2-1-3-5-9/h1-6,10,12,15H,7-8,17H2,(H,18,21). The number of nitrogens with two attached hydrogens (primary N) is 1. The Kier molecular flexibility index (Phi) is 4.74. The SMILES string of the molecule is NC1NC(=O)N(C2COC(OC(=O)c3ccccc3)OC2)C=C1F. The number of urea groups is 1. The highest BCUT2D eigenvalue weighted by Crippen LogP contribution is 2.18. The molecule has 0 bridgehead atoms. The van der Waals surface area contributed by atoms with Gasteiger partial charge in [-0.1, -0.05) is 18.2 Å². The van der Waals surface area contributed by atoms with E-state index in [4.69, 9.17) is 19.9 Å². The van der Waals surface area contributed by atoms with E-state index in [9.17, 15) is 14.0 Å². The molecule has 3 N–H and O–H groups in total. The van der Waals surface area contributed by atoms with Crippen LogP contribution in [0.1, 0.15) is 10.4 Å². The van der Waals surface area contributed by atoms with E-state index in [1.54, 1.807) is 30.3 Å². The molecule has 2 heterocycles. The molecule has 0 saturated carbocycles. The van der Waals surface area contributed by atoms with Crippen molar-refractivity contribution in [3.63, 3.8) is 0 Å². The first-order chi connectivity index (χ1) is 11.5. The van der Waals surface area contributed by atoms with E-state index in [1.807, 2.05) is 0 Å². The van der Waals surface area contributed by atoms with Crippen LogP contribution in [0.25, 0.3) is 0 Å². The number of ether oxygens (including phenoxy) is 3. The molecule has 0 spiro atoms. The van der Waals surface area contributed by atoms with Gasteiger partial charge in [0.1, 0.15) is 6.17 Å². The summed E-state index contributed by atoms with van der Waals surface area (Å²) in [4.78, 5) is 24.8. The average Bonchev–Trinajstić information content (AvgIpc) is 2.60. The van der Waals surface area contributed by atoms with Crippen LogP contribution in [0.4, 0.5) is 9.18 Å². The Labute approximate surface area is 136 Å². The molecule has 1 unspecified atom stereocenters. The van der Waals surface area contributed by atoms with Gasteiger partial charge in [0.05, 0.1) is 24.8 Å². The number of benzene rings is 1. The average molecular weight is 337 g/mol. The zero-order valence-electron chi connectivity index (χ0n) is 12.6. The summed E-state index contributed by atoms with van der Waals surface area (Å²) in [5.74, 6) is -1.26. The van der Waals surface area contributed by atoms with Gasteiger partial charge in [-0.25, -0.2) is 14.0 Å². The summed E-state index contributed by atoms with van der Waals surface area (Å²) in [6.07, 6.45) is -0.143. The van der Waals surface area contributed by atoms with E-state index in [-0.39, 0.29) is 13.2 Å². The van der Waals surface area contributed by atoms with Gasteiger partial charge < -0.3 is 25.3 Å². The van der Waals surface area contributed by atoms with Gasteiger partial charge in [0.15, 0.2) is 5.83 Å².